The van der Waals surface area contributed by atoms with Gasteiger partial charge in [-0.3, -0.25) is 9.69 Å². The van der Waals surface area contributed by atoms with Crippen LogP contribution < -0.4 is 15.1 Å². The molecule has 40 heavy (non-hydrogen) atoms. The number of nitrogens with zero attached hydrogens (tertiary/aromatic N) is 3. The van der Waals surface area contributed by atoms with E-state index >= 15 is 0 Å². The van der Waals surface area contributed by atoms with Crippen molar-refractivity contribution in [3.8, 4) is 11.5 Å². The van der Waals surface area contributed by atoms with Gasteiger partial charge >= 0.3 is 5.63 Å². The smallest absolute Gasteiger partial charge is 0.336 e. The molecule has 1 fully saturated rings. The highest BCUT2D eigenvalue weighted by Gasteiger charge is 2.42. The number of hydrogen-bond donors (Lipinski definition) is 0. The molecule has 3 aromatic rings. The number of allylic oxidation sites excluding steroid dienone is 2. The summed E-state index contributed by atoms with van der Waals surface area (Å²) in [5.41, 5.74) is 3.30. The molecule has 0 bridgehead atoms. The van der Waals surface area contributed by atoms with E-state index in [1.165, 1.54) is 6.07 Å². The zero-order chi connectivity index (χ0) is 26.9. The first-order chi connectivity index (χ1) is 19.0. The minimum absolute atomic E-state index is 0. The standard InChI is InChI=1S/C31H33N3O5.ClH/c1-37-26-11-9-22(18-28(26)38-2)30-24-5-3-4-6-25(24)31(36)34(32-30)23-13-15-33(16-14-23)19-20-7-8-21-10-12-29(35)39-27(21)17-20;/h3-4,7-12,17-18,23-25H,5-6,13-16,19H2,1-2H3;1H. The van der Waals surface area contributed by atoms with Gasteiger partial charge < -0.3 is 13.9 Å². The molecule has 1 saturated heterocycles. The van der Waals surface area contributed by atoms with Gasteiger partial charge in [0.2, 0.25) is 5.91 Å². The molecule has 2 aliphatic heterocycles. The predicted molar refractivity (Wildman–Crippen MR) is 156 cm³/mol. The molecule has 1 amide bonds. The van der Waals surface area contributed by atoms with E-state index in [4.69, 9.17) is 19.0 Å². The average molecular weight is 564 g/mol. The van der Waals surface area contributed by atoms with Gasteiger partial charge in [-0.1, -0.05) is 24.3 Å². The number of rotatable bonds is 6. The van der Waals surface area contributed by atoms with Crippen molar-refractivity contribution in [1.82, 2.24) is 9.91 Å². The quantitative estimate of drug-likeness (QED) is 0.309. The number of amides is 1. The average Bonchev–Trinajstić information content (AvgIpc) is 2.97. The van der Waals surface area contributed by atoms with E-state index in [1.54, 1.807) is 25.3 Å². The van der Waals surface area contributed by atoms with Crippen LogP contribution in [0.5, 0.6) is 11.5 Å². The second-order valence-electron chi connectivity index (χ2n) is 10.5. The number of ether oxygens (including phenoxy) is 2. The van der Waals surface area contributed by atoms with Crippen molar-refractivity contribution in [2.75, 3.05) is 27.3 Å². The lowest BCUT2D eigenvalue weighted by molar-refractivity contribution is -0.141. The molecule has 2 aromatic carbocycles. The van der Waals surface area contributed by atoms with E-state index in [2.05, 4.69) is 23.1 Å². The lowest BCUT2D eigenvalue weighted by Gasteiger charge is -2.42. The van der Waals surface area contributed by atoms with E-state index in [0.717, 1.165) is 67.5 Å². The monoisotopic (exact) mass is 563 g/mol. The van der Waals surface area contributed by atoms with Gasteiger partial charge in [0.25, 0.3) is 0 Å². The van der Waals surface area contributed by atoms with E-state index in [0.29, 0.717) is 17.1 Å². The molecule has 0 radical (unpaired) electrons. The van der Waals surface area contributed by atoms with Crippen LogP contribution in [0.3, 0.4) is 0 Å². The maximum Gasteiger partial charge on any atom is 0.336 e. The molecule has 3 aliphatic rings. The molecule has 8 nitrogen and oxygen atoms in total. The molecule has 0 spiro atoms. The van der Waals surface area contributed by atoms with Gasteiger partial charge in [0, 0.05) is 42.6 Å². The van der Waals surface area contributed by atoms with E-state index in [9.17, 15) is 9.59 Å². The maximum atomic E-state index is 13.7. The highest BCUT2D eigenvalue weighted by atomic mass is 35.5. The highest BCUT2D eigenvalue weighted by Crippen LogP contribution is 2.38. The topological polar surface area (TPSA) is 84.6 Å². The fourth-order valence-corrected chi connectivity index (χ4v) is 6.11. The highest BCUT2D eigenvalue weighted by molar-refractivity contribution is 6.07. The number of benzene rings is 2. The van der Waals surface area contributed by atoms with Crippen LogP contribution in [0.25, 0.3) is 11.0 Å². The summed E-state index contributed by atoms with van der Waals surface area (Å²) >= 11 is 0. The second kappa shape index (κ2) is 11.9. The Bertz CT molecular complexity index is 1510. The summed E-state index contributed by atoms with van der Waals surface area (Å²) in [7, 11) is 3.26. The first-order valence-electron chi connectivity index (χ1n) is 13.6. The molecule has 2 atom stereocenters. The van der Waals surface area contributed by atoms with Crippen LogP contribution in [-0.2, 0) is 11.3 Å². The fourth-order valence-electron chi connectivity index (χ4n) is 6.11. The van der Waals surface area contributed by atoms with Crippen LogP contribution in [0.1, 0.15) is 36.8 Å². The molecule has 210 valence electrons. The molecule has 3 heterocycles. The number of carbonyl (C=O) groups is 1. The Morgan fingerprint density at radius 2 is 1.62 bits per heavy atom. The van der Waals surface area contributed by atoms with Crippen molar-refractivity contribution in [2.24, 2.45) is 16.9 Å². The van der Waals surface area contributed by atoms with Crippen LogP contribution in [0.2, 0.25) is 0 Å². The number of piperidine rings is 1. The Hall–Kier alpha value is -3.62. The van der Waals surface area contributed by atoms with Gasteiger partial charge in [-0.15, -0.1) is 12.4 Å². The van der Waals surface area contributed by atoms with Gasteiger partial charge in [0.1, 0.15) is 5.58 Å². The fraction of sp³-hybridized carbons (Fsp3) is 0.387. The molecule has 9 heteroatoms. The lowest BCUT2D eigenvalue weighted by atomic mass is 9.76. The Morgan fingerprint density at radius 3 is 2.38 bits per heavy atom. The van der Waals surface area contributed by atoms with Crippen LogP contribution in [0.4, 0.5) is 0 Å². The summed E-state index contributed by atoms with van der Waals surface area (Å²) in [6.45, 7) is 2.49. The number of halogens is 1. The molecule has 0 saturated carbocycles. The molecule has 6 rings (SSSR count). The molecule has 2 unspecified atom stereocenters. The van der Waals surface area contributed by atoms with Gasteiger partial charge in [0.15, 0.2) is 11.5 Å². The van der Waals surface area contributed by atoms with Gasteiger partial charge in [-0.05, 0) is 61.6 Å². The number of hydrazone groups is 1. The first kappa shape index (κ1) is 27.9. The summed E-state index contributed by atoms with van der Waals surface area (Å²) in [4.78, 5) is 27.7. The van der Waals surface area contributed by atoms with Gasteiger partial charge in [-0.2, -0.15) is 5.10 Å². The zero-order valence-electron chi connectivity index (χ0n) is 22.7. The summed E-state index contributed by atoms with van der Waals surface area (Å²) in [6, 6.07) is 15.2. The second-order valence-corrected chi connectivity index (χ2v) is 10.5. The van der Waals surface area contributed by atoms with E-state index < -0.39 is 0 Å². The minimum atomic E-state index is -0.338. The number of methoxy groups -OCH3 is 2. The minimum Gasteiger partial charge on any atom is -0.493 e. The lowest BCUT2D eigenvalue weighted by Crippen LogP contribution is -2.52. The third kappa shape index (κ3) is 5.38. The van der Waals surface area contributed by atoms with Crippen molar-refractivity contribution in [3.05, 3.63) is 82.2 Å². The number of carbonyl (C=O) groups excluding carboxylic acids is 1. The van der Waals surface area contributed by atoms with E-state index in [-0.39, 0.29) is 41.8 Å². The van der Waals surface area contributed by atoms with Crippen molar-refractivity contribution in [3.63, 3.8) is 0 Å². The maximum absolute atomic E-state index is 13.7. The number of hydrogen-bond acceptors (Lipinski definition) is 7. The van der Waals surface area contributed by atoms with Crippen molar-refractivity contribution in [2.45, 2.75) is 38.3 Å². The Balaban J connectivity index is 0.00000323. The summed E-state index contributed by atoms with van der Waals surface area (Å²) in [6.07, 6.45) is 7.54. The third-order valence-corrected chi connectivity index (χ3v) is 8.22. The third-order valence-electron chi connectivity index (χ3n) is 8.22. The van der Waals surface area contributed by atoms with Crippen LogP contribution in [0, 0.1) is 11.8 Å². The normalized spacial score (nSPS) is 21.5. The molecule has 1 aliphatic carbocycles. The summed E-state index contributed by atoms with van der Waals surface area (Å²) in [5.74, 6) is 1.43. The van der Waals surface area contributed by atoms with Crippen LogP contribution in [0.15, 0.2) is 75.0 Å². The SMILES string of the molecule is COc1ccc(C2=NN(C3CCN(Cc4ccc5ccc(=O)oc5c4)CC3)C(=O)C3CC=CCC23)cc1OC.Cl. The summed E-state index contributed by atoms with van der Waals surface area (Å²) in [5, 5.41) is 7.74. The van der Waals surface area contributed by atoms with Gasteiger partial charge in [-0.25, -0.2) is 9.80 Å². The Morgan fingerprint density at radius 1 is 0.900 bits per heavy atom. The van der Waals surface area contributed by atoms with Crippen molar-refractivity contribution >= 4 is 35.0 Å². The Labute approximate surface area is 239 Å². The molecular weight excluding hydrogens is 530 g/mol. The van der Waals surface area contributed by atoms with E-state index in [1.807, 2.05) is 30.3 Å². The zero-order valence-corrected chi connectivity index (χ0v) is 23.6. The summed E-state index contributed by atoms with van der Waals surface area (Å²) < 4.78 is 16.4. The first-order valence-corrected chi connectivity index (χ1v) is 13.6. The molecular formula is C31H34ClN3O5. The Kier molecular flexibility index (Phi) is 8.28. The number of likely N-dealkylation sites (tertiary alicyclic amines) is 1. The van der Waals surface area contributed by atoms with Crippen molar-refractivity contribution in [1.29, 1.82) is 0 Å². The number of fused-ring (bicyclic) bond motifs is 2. The largest absolute Gasteiger partial charge is 0.493 e. The van der Waals surface area contributed by atoms with Crippen LogP contribution in [-0.4, -0.2) is 54.9 Å². The molecule has 0 N–H and O–H groups in total. The van der Waals surface area contributed by atoms with Crippen molar-refractivity contribution < 1.29 is 18.7 Å². The molecule has 1 aromatic heterocycles. The van der Waals surface area contributed by atoms with Gasteiger partial charge in [0.05, 0.1) is 31.9 Å². The van der Waals surface area contributed by atoms with Crippen LogP contribution >= 0.6 is 12.4 Å². The predicted octanol–water partition coefficient (Wildman–Crippen LogP) is 5.03.